The van der Waals surface area contributed by atoms with Crippen LogP contribution in [0.1, 0.15) is 37.2 Å². The first-order valence-electron chi connectivity index (χ1n) is 9.63. The predicted molar refractivity (Wildman–Crippen MR) is 111 cm³/mol. The van der Waals surface area contributed by atoms with Gasteiger partial charge in [0.2, 0.25) is 0 Å². The van der Waals surface area contributed by atoms with Crippen LogP contribution in [0.25, 0.3) is 0 Å². The van der Waals surface area contributed by atoms with Crippen molar-refractivity contribution in [3.8, 4) is 0 Å². The number of nitrogens with zero attached hydrogens (tertiary/aromatic N) is 4. The van der Waals surface area contributed by atoms with Crippen molar-refractivity contribution in [1.82, 2.24) is 14.9 Å². The third kappa shape index (κ3) is 6.61. The summed E-state index contributed by atoms with van der Waals surface area (Å²) in [5.41, 5.74) is 5.28. The number of hydrogen-bond acceptors (Lipinski definition) is 2. The van der Waals surface area contributed by atoms with E-state index >= 15 is 0 Å². The molecular weight excluding hydrogens is 428 g/mol. The second-order valence-corrected chi connectivity index (χ2v) is 9.41. The van der Waals surface area contributed by atoms with Crippen LogP contribution >= 0.6 is 0 Å². The van der Waals surface area contributed by atoms with Crippen LogP contribution in [0, 0.1) is 5.41 Å². The average Bonchev–Trinajstić information content (AvgIpc) is 3.34. The van der Waals surface area contributed by atoms with Crippen LogP contribution in [0.5, 0.6) is 0 Å². The zero-order chi connectivity index (χ0) is 19.8. The zero-order valence-corrected chi connectivity index (χ0v) is 18.9. The Morgan fingerprint density at radius 2 is 1.61 bits per heavy atom. The Labute approximate surface area is 176 Å². The molecule has 0 amide bonds. The third-order valence-corrected chi connectivity index (χ3v) is 7.22. The fraction of sp³-hybridized carbons (Fsp3) is 0.348. The van der Waals surface area contributed by atoms with Crippen molar-refractivity contribution in [2.45, 2.75) is 39.8 Å². The van der Waals surface area contributed by atoms with E-state index in [2.05, 4.69) is 64.4 Å². The third-order valence-electron chi connectivity index (χ3n) is 4.65. The van der Waals surface area contributed by atoms with Crippen LogP contribution in [0.2, 0.25) is 0 Å². The molecule has 3 heterocycles. The van der Waals surface area contributed by atoms with Gasteiger partial charge in [0.1, 0.15) is 0 Å². The summed E-state index contributed by atoms with van der Waals surface area (Å²) in [6.07, 6.45) is 6.06. The first kappa shape index (κ1) is 20.8. The van der Waals surface area contributed by atoms with E-state index in [0.29, 0.717) is 5.41 Å². The molecule has 0 radical (unpaired) electrons. The minimum atomic E-state index is -0.284. The Kier molecular flexibility index (Phi) is 7.47. The zero-order valence-electron chi connectivity index (χ0n) is 16.9. The normalized spacial score (nSPS) is 15.0. The number of aryl methyl sites for hydroxylation is 1. The Bertz CT molecular complexity index is 868. The van der Waals surface area contributed by atoms with Crippen molar-refractivity contribution in [1.29, 1.82) is 0 Å². The molecule has 4 nitrogen and oxygen atoms in total. The van der Waals surface area contributed by atoms with Crippen molar-refractivity contribution in [3.05, 3.63) is 77.9 Å². The van der Waals surface area contributed by atoms with Gasteiger partial charge in [0.15, 0.2) is 0 Å². The van der Waals surface area contributed by atoms with Gasteiger partial charge in [0.25, 0.3) is 0 Å². The molecule has 0 aliphatic carbocycles. The van der Waals surface area contributed by atoms with Gasteiger partial charge in [-0.05, 0) is 7.05 Å². The molecule has 148 valence electrons. The number of fused-ring (bicyclic) bond motifs is 1. The van der Waals surface area contributed by atoms with Gasteiger partial charge in [0.05, 0.1) is 0 Å². The smallest absolute Gasteiger partial charge is 0.00298 e. The van der Waals surface area contributed by atoms with Crippen LogP contribution in [-0.4, -0.2) is 16.3 Å². The molecule has 0 unspecified atom stereocenters. The number of hydrogen-bond donors (Lipinski definition) is 0. The topological polar surface area (TPSA) is 43.8 Å². The van der Waals surface area contributed by atoms with Gasteiger partial charge in [-0.25, -0.2) is 0 Å². The molecule has 0 spiro atoms. The maximum Gasteiger partial charge on any atom is 0.00298 e. The molecule has 0 saturated carbocycles. The van der Waals surface area contributed by atoms with Gasteiger partial charge < -0.3 is 14.9 Å². The molecule has 1 aromatic carbocycles. The molecule has 0 atom stereocenters. The summed E-state index contributed by atoms with van der Waals surface area (Å²) in [6, 6.07) is 16.6. The Morgan fingerprint density at radius 1 is 0.964 bits per heavy atom. The number of rotatable bonds is 4. The van der Waals surface area contributed by atoms with Crippen LogP contribution in [0.4, 0.5) is 5.69 Å². The van der Waals surface area contributed by atoms with Crippen LogP contribution in [-0.2, 0) is 37.4 Å². The first-order chi connectivity index (χ1) is 13.5. The molecule has 2 aromatic heterocycles. The fourth-order valence-electron chi connectivity index (χ4n) is 3.02. The van der Waals surface area contributed by atoms with E-state index in [4.69, 9.17) is 3.50 Å². The Balaban J connectivity index is 0.000000161. The second kappa shape index (κ2) is 10.0. The van der Waals surface area contributed by atoms with E-state index in [1.54, 1.807) is 0 Å². The SMILES string of the molecule is CC1(C)[CH]=[Mo]=[N]c2ccccc2CC1.CN(Cc1ccc[n-]1)Cc1ccc[n-]1. The largest absolute Gasteiger partial charge is 0.667 e. The van der Waals surface area contributed by atoms with Gasteiger partial charge in [-0.1, -0.05) is 24.3 Å². The summed E-state index contributed by atoms with van der Waals surface area (Å²) in [4.78, 5) is 10.6. The van der Waals surface area contributed by atoms with Gasteiger partial charge in [-0.3, -0.25) is 0 Å². The van der Waals surface area contributed by atoms with Crippen molar-refractivity contribution < 1.29 is 17.9 Å². The monoisotopic (exact) mass is 458 g/mol. The van der Waals surface area contributed by atoms with E-state index in [9.17, 15) is 0 Å². The van der Waals surface area contributed by atoms with Crippen LogP contribution < -0.4 is 9.97 Å². The average molecular weight is 456 g/mol. The maximum absolute atomic E-state index is 4.72. The number of aromatic nitrogens is 2. The van der Waals surface area contributed by atoms with Gasteiger partial charge in [-0.2, -0.15) is 12.4 Å². The summed E-state index contributed by atoms with van der Waals surface area (Å²) < 4.78 is 7.17. The molecule has 1 aliphatic rings. The second-order valence-electron chi connectivity index (χ2n) is 7.86. The molecule has 0 fully saturated rings. The summed E-state index contributed by atoms with van der Waals surface area (Å²) in [7, 11) is 2.07. The Hall–Kier alpha value is -1.90. The fourth-order valence-corrected chi connectivity index (χ4v) is 4.86. The summed E-state index contributed by atoms with van der Waals surface area (Å²) in [5, 5.41) is 0. The van der Waals surface area contributed by atoms with Crippen LogP contribution in [0.15, 0.2) is 64.4 Å². The summed E-state index contributed by atoms with van der Waals surface area (Å²) >= 11 is -0.284. The van der Waals surface area contributed by atoms with E-state index in [0.717, 1.165) is 30.9 Å². The maximum atomic E-state index is 4.72. The minimum absolute atomic E-state index is 0.284. The molecule has 0 bridgehead atoms. The van der Waals surface area contributed by atoms with Gasteiger partial charge in [-0.15, -0.1) is 11.4 Å². The van der Waals surface area contributed by atoms with E-state index in [-0.39, 0.29) is 17.9 Å². The first-order valence-corrected chi connectivity index (χ1v) is 11.7. The molecule has 1 aliphatic heterocycles. The molecule has 28 heavy (non-hydrogen) atoms. The van der Waals surface area contributed by atoms with E-state index < -0.39 is 0 Å². The molecule has 0 N–H and O–H groups in total. The molecule has 4 rings (SSSR count). The van der Waals surface area contributed by atoms with Crippen LogP contribution in [0.3, 0.4) is 0 Å². The number of benzene rings is 1. The van der Waals surface area contributed by atoms with Gasteiger partial charge in [0, 0.05) is 13.1 Å². The van der Waals surface area contributed by atoms with Crippen molar-refractivity contribution in [3.63, 3.8) is 0 Å². The predicted octanol–water partition coefficient (Wildman–Crippen LogP) is 4.59. The van der Waals surface area contributed by atoms with Crippen molar-refractivity contribution in [2.24, 2.45) is 8.91 Å². The molecule has 3 aromatic rings. The molecular formula is C23H28MoN4-2. The molecule has 5 heteroatoms. The van der Waals surface area contributed by atoms with E-state index in [1.807, 2.05) is 36.7 Å². The summed E-state index contributed by atoms with van der Waals surface area (Å²) in [5.74, 6) is 0. The van der Waals surface area contributed by atoms with Gasteiger partial charge >= 0.3 is 93.4 Å². The Morgan fingerprint density at radius 3 is 2.21 bits per heavy atom. The minimum Gasteiger partial charge on any atom is -0.667 e. The van der Waals surface area contributed by atoms with Crippen molar-refractivity contribution >= 4 is 10.1 Å². The molecule has 0 saturated heterocycles. The van der Waals surface area contributed by atoms with Crippen molar-refractivity contribution in [2.75, 3.05) is 7.05 Å². The van der Waals surface area contributed by atoms with E-state index in [1.165, 1.54) is 17.7 Å². The standard InChI is InChI=1S/C12H15N.C11H13N3.Mo/c1-12(2,3)9-8-10-6-4-5-7-11(10)13;1-14(8-10-4-2-6-12-10)9-11-5-3-7-13-11;/h1,4-7H,8-9H2,2-3H3;2-7H,8-9H2,1H3;/q;-2;. The quantitative estimate of drug-likeness (QED) is 0.540. The summed E-state index contributed by atoms with van der Waals surface area (Å²) in [6.45, 7) is 6.39.